The predicted octanol–water partition coefficient (Wildman–Crippen LogP) is 4.76. The van der Waals surface area contributed by atoms with E-state index in [4.69, 9.17) is 11.6 Å². The molecule has 0 bridgehead atoms. The Labute approximate surface area is 132 Å². The molecule has 0 unspecified atom stereocenters. The molecule has 3 rings (SSSR count). The number of nitrogens with zero attached hydrogens (tertiary/aromatic N) is 1. The van der Waals surface area contributed by atoms with Crippen LogP contribution in [0.4, 0.5) is 5.69 Å². The van der Waals surface area contributed by atoms with Gasteiger partial charge >= 0.3 is 0 Å². The number of carbonyl (C=O) groups is 1. The zero-order valence-corrected chi connectivity index (χ0v) is 13.6. The maximum Gasteiger partial charge on any atom is 0.272 e. The number of amides is 1. The lowest BCUT2D eigenvalue weighted by Crippen LogP contribution is -2.16. The highest BCUT2D eigenvalue weighted by atomic mass is 35.5. The van der Waals surface area contributed by atoms with Crippen molar-refractivity contribution in [1.29, 1.82) is 0 Å². The standard InChI is InChI=1S/C16H15ClN2OS/c1-9-4-5-10(2)11(6-9)18-16(20)13-7-14-12(19(13)3)8-15(17)21-14/h4-8H,1-3H3,(H,18,20). The van der Waals surface area contributed by atoms with Crippen LogP contribution in [0, 0.1) is 13.8 Å². The molecule has 0 spiro atoms. The first-order valence-corrected chi connectivity index (χ1v) is 7.78. The van der Waals surface area contributed by atoms with Gasteiger partial charge in [0, 0.05) is 12.7 Å². The third-order valence-corrected chi connectivity index (χ3v) is 4.77. The van der Waals surface area contributed by atoms with Crippen LogP contribution in [-0.4, -0.2) is 10.5 Å². The average Bonchev–Trinajstić information content (AvgIpc) is 2.92. The number of rotatable bonds is 2. The first kappa shape index (κ1) is 14.2. The SMILES string of the molecule is Cc1ccc(C)c(NC(=O)c2cc3sc(Cl)cc3n2C)c1. The van der Waals surface area contributed by atoms with Gasteiger partial charge in [0.15, 0.2) is 0 Å². The van der Waals surface area contributed by atoms with Crippen molar-refractivity contribution in [2.24, 2.45) is 7.05 Å². The highest BCUT2D eigenvalue weighted by Crippen LogP contribution is 2.31. The summed E-state index contributed by atoms with van der Waals surface area (Å²) < 4.78 is 3.63. The van der Waals surface area contributed by atoms with Gasteiger partial charge in [0.05, 0.1) is 14.6 Å². The van der Waals surface area contributed by atoms with E-state index in [0.717, 1.165) is 31.4 Å². The number of aromatic nitrogens is 1. The molecule has 0 fully saturated rings. The molecule has 0 aliphatic heterocycles. The van der Waals surface area contributed by atoms with E-state index >= 15 is 0 Å². The molecule has 0 radical (unpaired) electrons. The summed E-state index contributed by atoms with van der Waals surface area (Å²) in [7, 11) is 1.88. The molecule has 0 aliphatic carbocycles. The Kier molecular flexibility index (Phi) is 3.51. The van der Waals surface area contributed by atoms with E-state index in [1.165, 1.54) is 11.3 Å². The minimum atomic E-state index is -0.106. The molecule has 5 heteroatoms. The maximum absolute atomic E-state index is 12.5. The van der Waals surface area contributed by atoms with Gasteiger partial charge in [0.1, 0.15) is 5.69 Å². The van der Waals surface area contributed by atoms with E-state index in [1.54, 1.807) is 0 Å². The van der Waals surface area contributed by atoms with Crippen LogP contribution < -0.4 is 5.32 Å². The first-order valence-electron chi connectivity index (χ1n) is 6.59. The highest BCUT2D eigenvalue weighted by Gasteiger charge is 2.16. The summed E-state index contributed by atoms with van der Waals surface area (Å²) in [6.07, 6.45) is 0. The van der Waals surface area contributed by atoms with Gasteiger partial charge in [-0.2, -0.15) is 0 Å². The second-order valence-electron chi connectivity index (χ2n) is 5.16. The van der Waals surface area contributed by atoms with Crippen molar-refractivity contribution in [3.8, 4) is 0 Å². The summed E-state index contributed by atoms with van der Waals surface area (Å²) in [6, 6.07) is 9.79. The van der Waals surface area contributed by atoms with E-state index < -0.39 is 0 Å². The number of nitrogens with one attached hydrogen (secondary N) is 1. The minimum absolute atomic E-state index is 0.106. The van der Waals surface area contributed by atoms with Gasteiger partial charge in [-0.05, 0) is 43.2 Å². The largest absolute Gasteiger partial charge is 0.339 e. The van der Waals surface area contributed by atoms with Crippen LogP contribution in [0.5, 0.6) is 0 Å². The quantitative estimate of drug-likeness (QED) is 0.726. The number of aryl methyl sites for hydroxylation is 3. The third kappa shape index (κ3) is 2.57. The molecule has 1 amide bonds. The lowest BCUT2D eigenvalue weighted by Gasteiger charge is -2.10. The van der Waals surface area contributed by atoms with Crippen LogP contribution in [0.1, 0.15) is 21.6 Å². The van der Waals surface area contributed by atoms with Crippen molar-refractivity contribution in [2.75, 3.05) is 5.32 Å². The molecule has 21 heavy (non-hydrogen) atoms. The first-order chi connectivity index (χ1) is 9.95. The van der Waals surface area contributed by atoms with Crippen LogP contribution in [-0.2, 0) is 7.05 Å². The van der Waals surface area contributed by atoms with Crippen LogP contribution in [0.15, 0.2) is 30.3 Å². The fourth-order valence-corrected chi connectivity index (χ4v) is 3.56. The van der Waals surface area contributed by atoms with Crippen LogP contribution in [0.2, 0.25) is 4.34 Å². The number of anilines is 1. The molecule has 1 aromatic carbocycles. The van der Waals surface area contributed by atoms with Crippen LogP contribution in [0.25, 0.3) is 10.2 Å². The Morgan fingerprint density at radius 3 is 2.71 bits per heavy atom. The number of benzene rings is 1. The summed E-state index contributed by atoms with van der Waals surface area (Å²) in [4.78, 5) is 12.5. The van der Waals surface area contributed by atoms with Gasteiger partial charge in [-0.1, -0.05) is 23.7 Å². The minimum Gasteiger partial charge on any atom is -0.339 e. The zero-order chi connectivity index (χ0) is 15.1. The smallest absolute Gasteiger partial charge is 0.272 e. The number of hydrogen-bond donors (Lipinski definition) is 1. The van der Waals surface area contributed by atoms with Crippen molar-refractivity contribution in [1.82, 2.24) is 4.57 Å². The molecule has 108 valence electrons. The molecule has 3 aromatic rings. The Morgan fingerprint density at radius 1 is 1.24 bits per heavy atom. The number of halogens is 1. The van der Waals surface area contributed by atoms with Gasteiger partial charge < -0.3 is 9.88 Å². The summed E-state index contributed by atoms with van der Waals surface area (Å²) in [5, 5.41) is 2.99. The van der Waals surface area contributed by atoms with Crippen molar-refractivity contribution < 1.29 is 4.79 Å². The Morgan fingerprint density at radius 2 is 2.00 bits per heavy atom. The summed E-state index contributed by atoms with van der Waals surface area (Å²) >= 11 is 7.48. The average molecular weight is 319 g/mol. The summed E-state index contributed by atoms with van der Waals surface area (Å²) in [5.74, 6) is -0.106. The molecule has 2 heterocycles. The number of carbonyl (C=O) groups excluding carboxylic acids is 1. The monoisotopic (exact) mass is 318 g/mol. The number of fused-ring (bicyclic) bond motifs is 1. The normalized spacial score (nSPS) is 11.0. The molecule has 1 N–H and O–H groups in total. The topological polar surface area (TPSA) is 34.0 Å². The summed E-state index contributed by atoms with van der Waals surface area (Å²) in [5.41, 5.74) is 4.64. The fourth-order valence-electron chi connectivity index (χ4n) is 2.36. The lowest BCUT2D eigenvalue weighted by molar-refractivity contribution is 0.101. The number of hydrogen-bond acceptors (Lipinski definition) is 2. The second-order valence-corrected chi connectivity index (χ2v) is 6.88. The molecule has 0 aliphatic rings. The third-order valence-electron chi connectivity index (χ3n) is 3.57. The Balaban J connectivity index is 1.95. The summed E-state index contributed by atoms with van der Waals surface area (Å²) in [6.45, 7) is 3.99. The molecule has 0 atom stereocenters. The zero-order valence-electron chi connectivity index (χ0n) is 12.0. The Bertz CT molecular complexity index is 847. The fraction of sp³-hybridized carbons (Fsp3) is 0.188. The molecular formula is C16H15ClN2OS. The van der Waals surface area contributed by atoms with Crippen molar-refractivity contribution in [2.45, 2.75) is 13.8 Å². The predicted molar refractivity (Wildman–Crippen MR) is 89.7 cm³/mol. The van der Waals surface area contributed by atoms with Gasteiger partial charge in [-0.25, -0.2) is 0 Å². The van der Waals surface area contributed by atoms with E-state index in [-0.39, 0.29) is 5.91 Å². The molecule has 0 saturated heterocycles. The van der Waals surface area contributed by atoms with Gasteiger partial charge in [-0.3, -0.25) is 4.79 Å². The van der Waals surface area contributed by atoms with E-state index in [9.17, 15) is 4.79 Å². The van der Waals surface area contributed by atoms with Crippen molar-refractivity contribution in [3.63, 3.8) is 0 Å². The van der Waals surface area contributed by atoms with E-state index in [2.05, 4.69) is 5.32 Å². The van der Waals surface area contributed by atoms with Gasteiger partial charge in [0.25, 0.3) is 5.91 Å². The second kappa shape index (κ2) is 5.20. The number of thiophene rings is 1. The molecule has 2 aromatic heterocycles. The molecule has 3 nitrogen and oxygen atoms in total. The van der Waals surface area contributed by atoms with Crippen LogP contribution in [0.3, 0.4) is 0 Å². The maximum atomic E-state index is 12.5. The van der Waals surface area contributed by atoms with Gasteiger partial charge in [-0.15, -0.1) is 11.3 Å². The lowest BCUT2D eigenvalue weighted by atomic mass is 10.1. The molecule has 0 saturated carbocycles. The van der Waals surface area contributed by atoms with Crippen LogP contribution >= 0.6 is 22.9 Å². The van der Waals surface area contributed by atoms with Gasteiger partial charge in [0.2, 0.25) is 0 Å². The van der Waals surface area contributed by atoms with E-state index in [1.807, 2.05) is 55.8 Å². The van der Waals surface area contributed by atoms with Crippen molar-refractivity contribution >= 4 is 44.7 Å². The molecular weight excluding hydrogens is 304 g/mol. The van der Waals surface area contributed by atoms with E-state index in [0.29, 0.717) is 5.69 Å². The Hall–Kier alpha value is -1.78. The van der Waals surface area contributed by atoms with Crippen molar-refractivity contribution in [3.05, 3.63) is 51.5 Å². The highest BCUT2D eigenvalue weighted by molar-refractivity contribution is 7.22.